The molecule has 202 valence electrons. The second-order valence-electron chi connectivity index (χ2n) is 9.06. The van der Waals surface area contributed by atoms with Crippen LogP contribution in [0.1, 0.15) is 23.6 Å². The lowest BCUT2D eigenvalue weighted by Crippen LogP contribution is -2.21. The van der Waals surface area contributed by atoms with Crippen molar-refractivity contribution in [3.05, 3.63) is 122 Å². The van der Waals surface area contributed by atoms with E-state index in [1.54, 1.807) is 7.11 Å². The second-order valence-corrected chi connectivity index (χ2v) is 10.8. The third kappa shape index (κ3) is 6.29. The van der Waals surface area contributed by atoms with Gasteiger partial charge in [0.2, 0.25) is 0 Å². The molecule has 0 N–H and O–H groups in total. The van der Waals surface area contributed by atoms with Gasteiger partial charge in [-0.1, -0.05) is 54.6 Å². The minimum Gasteiger partial charge on any atom is -0.493 e. The summed E-state index contributed by atoms with van der Waals surface area (Å²) in [5.41, 5.74) is 4.77. The quantitative estimate of drug-likeness (QED) is 0.170. The molecular weight excluding hydrogens is 636 g/mol. The minimum absolute atomic E-state index is 0.165. The van der Waals surface area contributed by atoms with Gasteiger partial charge in [-0.05, 0) is 97.9 Å². The van der Waals surface area contributed by atoms with E-state index in [0.717, 1.165) is 31.3 Å². The first-order valence-electron chi connectivity index (χ1n) is 12.5. The van der Waals surface area contributed by atoms with Gasteiger partial charge in [-0.3, -0.25) is 4.79 Å². The van der Waals surface area contributed by atoms with Crippen molar-refractivity contribution in [2.45, 2.75) is 20.1 Å². The Morgan fingerprint density at radius 1 is 0.800 bits per heavy atom. The highest BCUT2D eigenvalue weighted by molar-refractivity contribution is 9.11. The van der Waals surface area contributed by atoms with Crippen molar-refractivity contribution >= 4 is 55.2 Å². The van der Waals surface area contributed by atoms with Crippen LogP contribution in [0.15, 0.2) is 111 Å². The van der Waals surface area contributed by atoms with E-state index in [1.165, 1.54) is 5.01 Å². The van der Waals surface area contributed by atoms with Crippen LogP contribution >= 0.6 is 31.9 Å². The average molecular weight is 662 g/mol. The number of hydrogen-bond acceptors (Lipinski definition) is 5. The molecule has 0 bridgehead atoms. The van der Waals surface area contributed by atoms with Gasteiger partial charge in [-0.15, -0.1) is 0 Å². The number of hydrogen-bond donors (Lipinski definition) is 0. The van der Waals surface area contributed by atoms with Gasteiger partial charge in [0, 0.05) is 0 Å². The van der Waals surface area contributed by atoms with Gasteiger partial charge < -0.3 is 14.2 Å². The molecule has 5 rings (SSSR count). The van der Waals surface area contributed by atoms with Crippen LogP contribution < -0.4 is 19.2 Å². The van der Waals surface area contributed by atoms with Crippen LogP contribution in [-0.4, -0.2) is 18.7 Å². The number of halogens is 2. The molecule has 1 aliphatic rings. The molecule has 0 atom stereocenters. The molecule has 8 heteroatoms. The number of carbonyl (C=O) groups is 1. The van der Waals surface area contributed by atoms with Crippen molar-refractivity contribution in [3.8, 4) is 17.2 Å². The fourth-order valence-electron chi connectivity index (χ4n) is 4.21. The molecule has 1 amide bonds. The van der Waals surface area contributed by atoms with Gasteiger partial charge in [0.15, 0.2) is 11.5 Å². The van der Waals surface area contributed by atoms with E-state index < -0.39 is 0 Å². The Hall–Kier alpha value is -3.88. The van der Waals surface area contributed by atoms with Gasteiger partial charge in [-0.2, -0.15) is 10.1 Å². The molecule has 0 aliphatic carbocycles. The molecule has 0 saturated carbocycles. The first kappa shape index (κ1) is 27.7. The van der Waals surface area contributed by atoms with Gasteiger partial charge in [0.25, 0.3) is 5.91 Å². The molecule has 1 aliphatic heterocycles. The normalized spacial score (nSPS) is 13.9. The number of para-hydroxylation sites is 1. The summed E-state index contributed by atoms with van der Waals surface area (Å²) in [6.45, 7) is 2.61. The Bertz CT molecular complexity index is 1560. The Balaban J connectivity index is 1.27. The Morgan fingerprint density at radius 3 is 2.12 bits per heavy atom. The van der Waals surface area contributed by atoms with E-state index in [9.17, 15) is 4.79 Å². The van der Waals surface area contributed by atoms with Gasteiger partial charge in [0.1, 0.15) is 19.0 Å². The highest BCUT2D eigenvalue weighted by Gasteiger charge is 2.28. The summed E-state index contributed by atoms with van der Waals surface area (Å²) < 4.78 is 19.2. The maximum absolute atomic E-state index is 13.1. The van der Waals surface area contributed by atoms with Crippen molar-refractivity contribution in [1.29, 1.82) is 0 Å². The molecule has 1 heterocycles. The standard InChI is InChI=1S/C32H26Br2N2O4/c1-21-26(32(37)36(35-21)25-11-7-4-8-12-25)15-24-16-27(33)31(28(34)17-24)40-20-23-13-14-29(30(18-23)38-2)39-19-22-9-5-3-6-10-22/h3-18H,19-20H2,1-2H3/b26-15-. The summed E-state index contributed by atoms with van der Waals surface area (Å²) in [6, 6.07) is 29.0. The fourth-order valence-corrected chi connectivity index (χ4v) is 5.66. The summed E-state index contributed by atoms with van der Waals surface area (Å²) in [5, 5.41) is 5.88. The third-order valence-electron chi connectivity index (χ3n) is 6.24. The monoisotopic (exact) mass is 660 g/mol. The minimum atomic E-state index is -0.165. The Labute approximate surface area is 250 Å². The number of amides is 1. The van der Waals surface area contributed by atoms with Crippen molar-refractivity contribution in [2.75, 3.05) is 12.1 Å². The lowest BCUT2D eigenvalue weighted by atomic mass is 10.1. The van der Waals surface area contributed by atoms with Gasteiger partial charge in [-0.25, -0.2) is 0 Å². The average Bonchev–Trinajstić information content (AvgIpc) is 3.25. The molecule has 0 spiro atoms. The largest absolute Gasteiger partial charge is 0.493 e. The van der Waals surface area contributed by atoms with E-state index >= 15 is 0 Å². The van der Waals surface area contributed by atoms with Crippen LogP contribution in [-0.2, 0) is 18.0 Å². The van der Waals surface area contributed by atoms with Gasteiger partial charge >= 0.3 is 0 Å². The van der Waals surface area contributed by atoms with Crippen LogP contribution in [0, 0.1) is 0 Å². The van der Waals surface area contributed by atoms with Crippen molar-refractivity contribution < 1.29 is 19.0 Å². The number of rotatable bonds is 9. The predicted octanol–water partition coefficient (Wildman–Crippen LogP) is 8.18. The van der Waals surface area contributed by atoms with Gasteiger partial charge in [0.05, 0.1) is 33.0 Å². The number of methoxy groups -OCH3 is 1. The molecule has 4 aromatic carbocycles. The number of anilines is 1. The summed E-state index contributed by atoms with van der Waals surface area (Å²) in [5.74, 6) is 1.79. The van der Waals surface area contributed by atoms with Crippen LogP contribution in [0.5, 0.6) is 17.2 Å². The van der Waals surface area contributed by atoms with E-state index in [4.69, 9.17) is 14.2 Å². The van der Waals surface area contributed by atoms with E-state index in [0.29, 0.717) is 41.7 Å². The summed E-state index contributed by atoms with van der Waals surface area (Å²) in [7, 11) is 1.62. The van der Waals surface area contributed by atoms with Crippen molar-refractivity contribution in [2.24, 2.45) is 5.10 Å². The summed E-state index contributed by atoms with van der Waals surface area (Å²) >= 11 is 7.26. The lowest BCUT2D eigenvalue weighted by molar-refractivity contribution is -0.114. The molecule has 6 nitrogen and oxygen atoms in total. The van der Waals surface area contributed by atoms with Crippen LogP contribution in [0.25, 0.3) is 6.08 Å². The third-order valence-corrected chi connectivity index (χ3v) is 7.42. The topological polar surface area (TPSA) is 60.4 Å². The highest BCUT2D eigenvalue weighted by Crippen LogP contribution is 2.37. The molecule has 0 fully saturated rings. The number of nitrogens with zero attached hydrogens (tertiary/aromatic N) is 2. The fraction of sp³-hybridized carbons (Fsp3) is 0.125. The second kappa shape index (κ2) is 12.5. The number of benzene rings is 4. The number of hydrazone groups is 1. The van der Waals surface area contributed by atoms with Crippen LogP contribution in [0.4, 0.5) is 5.69 Å². The maximum atomic E-state index is 13.1. The van der Waals surface area contributed by atoms with E-state index in [-0.39, 0.29) is 5.91 Å². The SMILES string of the molecule is COc1cc(COc2c(Br)cc(/C=C3\C(=O)N(c4ccccc4)N=C3C)cc2Br)ccc1OCc1ccccc1. The zero-order valence-electron chi connectivity index (χ0n) is 21.9. The Kier molecular flexibility index (Phi) is 8.67. The highest BCUT2D eigenvalue weighted by atomic mass is 79.9. The van der Waals surface area contributed by atoms with Crippen LogP contribution in [0.2, 0.25) is 0 Å². The zero-order valence-corrected chi connectivity index (χ0v) is 25.1. The number of ether oxygens (including phenoxy) is 3. The van der Waals surface area contributed by atoms with Crippen molar-refractivity contribution in [1.82, 2.24) is 0 Å². The van der Waals surface area contributed by atoms with Crippen molar-refractivity contribution in [3.63, 3.8) is 0 Å². The first-order chi connectivity index (χ1) is 19.4. The Morgan fingerprint density at radius 2 is 1.45 bits per heavy atom. The van der Waals surface area contributed by atoms with E-state index in [1.807, 2.05) is 104 Å². The first-order valence-corrected chi connectivity index (χ1v) is 14.1. The van der Waals surface area contributed by atoms with Crippen LogP contribution in [0.3, 0.4) is 0 Å². The molecular formula is C32H26Br2N2O4. The molecule has 4 aromatic rings. The molecule has 40 heavy (non-hydrogen) atoms. The summed E-state index contributed by atoms with van der Waals surface area (Å²) in [6.07, 6.45) is 1.84. The smallest absolute Gasteiger partial charge is 0.280 e. The molecule has 0 saturated heterocycles. The van der Waals surface area contributed by atoms with E-state index in [2.05, 4.69) is 37.0 Å². The zero-order chi connectivity index (χ0) is 28.1. The maximum Gasteiger partial charge on any atom is 0.280 e. The lowest BCUT2D eigenvalue weighted by Gasteiger charge is -2.14. The predicted molar refractivity (Wildman–Crippen MR) is 165 cm³/mol. The molecule has 0 aromatic heterocycles. The number of carbonyl (C=O) groups excluding carboxylic acids is 1. The molecule has 0 unspecified atom stereocenters. The summed E-state index contributed by atoms with van der Waals surface area (Å²) in [4.78, 5) is 13.1. The molecule has 0 radical (unpaired) electrons.